The van der Waals surface area contributed by atoms with Gasteiger partial charge in [-0.1, -0.05) is 29.3 Å². The maximum absolute atomic E-state index is 14.1. The fourth-order valence-corrected chi connectivity index (χ4v) is 2.24. The molecule has 0 bridgehead atoms. The SMILES string of the molecule is O=Cc1ccc(Cl)cc1-c1ccc(Br)c(Cl)c1F. The van der Waals surface area contributed by atoms with E-state index >= 15 is 0 Å². The predicted molar refractivity (Wildman–Crippen MR) is 74.9 cm³/mol. The van der Waals surface area contributed by atoms with Crippen molar-refractivity contribution in [3.8, 4) is 11.1 Å². The summed E-state index contributed by atoms with van der Waals surface area (Å²) in [7, 11) is 0. The second-order valence-electron chi connectivity index (χ2n) is 3.57. The minimum Gasteiger partial charge on any atom is -0.298 e. The molecule has 92 valence electrons. The van der Waals surface area contributed by atoms with Crippen LogP contribution < -0.4 is 0 Å². The van der Waals surface area contributed by atoms with Crippen molar-refractivity contribution in [2.24, 2.45) is 0 Å². The Morgan fingerprint density at radius 1 is 1.11 bits per heavy atom. The smallest absolute Gasteiger partial charge is 0.150 e. The predicted octanol–water partition coefficient (Wildman–Crippen LogP) is 5.37. The first-order valence-electron chi connectivity index (χ1n) is 4.93. The van der Waals surface area contributed by atoms with E-state index in [0.29, 0.717) is 26.9 Å². The summed E-state index contributed by atoms with van der Waals surface area (Å²) in [6, 6.07) is 7.82. The molecule has 5 heteroatoms. The molecule has 2 aromatic rings. The van der Waals surface area contributed by atoms with E-state index in [4.69, 9.17) is 23.2 Å². The van der Waals surface area contributed by atoms with Gasteiger partial charge in [0.05, 0.1) is 5.02 Å². The summed E-state index contributed by atoms with van der Waals surface area (Å²) in [5, 5.41) is 0.401. The van der Waals surface area contributed by atoms with Crippen LogP contribution in [0.4, 0.5) is 4.39 Å². The van der Waals surface area contributed by atoms with Gasteiger partial charge < -0.3 is 0 Å². The van der Waals surface area contributed by atoms with Gasteiger partial charge >= 0.3 is 0 Å². The van der Waals surface area contributed by atoms with Crippen LogP contribution in [0.5, 0.6) is 0 Å². The molecule has 0 amide bonds. The molecule has 0 spiro atoms. The molecular weight excluding hydrogens is 342 g/mol. The molecule has 0 heterocycles. The topological polar surface area (TPSA) is 17.1 Å². The Morgan fingerprint density at radius 3 is 2.50 bits per heavy atom. The summed E-state index contributed by atoms with van der Waals surface area (Å²) < 4.78 is 14.5. The Morgan fingerprint density at radius 2 is 1.83 bits per heavy atom. The number of carbonyl (C=O) groups excluding carboxylic acids is 1. The van der Waals surface area contributed by atoms with Gasteiger partial charge in [0, 0.05) is 20.6 Å². The lowest BCUT2D eigenvalue weighted by Crippen LogP contribution is -1.92. The summed E-state index contributed by atoms with van der Waals surface area (Å²) in [5.74, 6) is -0.587. The van der Waals surface area contributed by atoms with Gasteiger partial charge in [0.1, 0.15) is 0 Å². The molecule has 0 aliphatic rings. The van der Waals surface area contributed by atoms with Crippen LogP contribution in [0.15, 0.2) is 34.8 Å². The highest BCUT2D eigenvalue weighted by molar-refractivity contribution is 9.10. The summed E-state index contributed by atoms with van der Waals surface area (Å²) in [4.78, 5) is 11.0. The highest BCUT2D eigenvalue weighted by Crippen LogP contribution is 2.35. The maximum atomic E-state index is 14.1. The zero-order chi connectivity index (χ0) is 13.3. The minimum atomic E-state index is -0.587. The Kier molecular flexibility index (Phi) is 4.05. The Balaban J connectivity index is 2.72. The minimum absolute atomic E-state index is 0.0238. The first-order chi connectivity index (χ1) is 8.54. The molecule has 0 saturated heterocycles. The van der Waals surface area contributed by atoms with Crippen LogP contribution in [-0.4, -0.2) is 6.29 Å². The van der Waals surface area contributed by atoms with Gasteiger partial charge in [-0.05, 0) is 45.8 Å². The Bertz CT molecular complexity index is 629. The first kappa shape index (κ1) is 13.5. The van der Waals surface area contributed by atoms with Crippen molar-refractivity contribution in [2.45, 2.75) is 0 Å². The van der Waals surface area contributed by atoms with Gasteiger partial charge in [0.15, 0.2) is 12.1 Å². The lowest BCUT2D eigenvalue weighted by atomic mass is 10.00. The normalized spacial score (nSPS) is 10.4. The van der Waals surface area contributed by atoms with Crippen LogP contribution in [0.3, 0.4) is 0 Å². The van der Waals surface area contributed by atoms with E-state index in [1.165, 1.54) is 6.07 Å². The fourth-order valence-electron chi connectivity index (χ4n) is 1.60. The van der Waals surface area contributed by atoms with Crippen LogP contribution >= 0.6 is 39.1 Å². The van der Waals surface area contributed by atoms with Gasteiger partial charge in [-0.2, -0.15) is 0 Å². The van der Waals surface area contributed by atoms with E-state index < -0.39 is 5.82 Å². The molecule has 0 atom stereocenters. The van der Waals surface area contributed by atoms with Crippen molar-refractivity contribution < 1.29 is 9.18 Å². The van der Waals surface area contributed by atoms with Crippen molar-refractivity contribution in [2.75, 3.05) is 0 Å². The van der Waals surface area contributed by atoms with Crippen LogP contribution in [0.1, 0.15) is 10.4 Å². The van der Waals surface area contributed by atoms with Crippen LogP contribution in [0.2, 0.25) is 10.0 Å². The second-order valence-corrected chi connectivity index (χ2v) is 5.24. The molecule has 0 saturated carbocycles. The van der Waals surface area contributed by atoms with Crippen molar-refractivity contribution >= 4 is 45.4 Å². The molecule has 2 aromatic carbocycles. The third-order valence-electron chi connectivity index (χ3n) is 2.47. The number of hydrogen-bond acceptors (Lipinski definition) is 1. The van der Waals surface area contributed by atoms with E-state index in [1.54, 1.807) is 24.3 Å². The average molecular weight is 348 g/mol. The molecule has 0 aromatic heterocycles. The highest BCUT2D eigenvalue weighted by Gasteiger charge is 2.14. The van der Waals surface area contributed by atoms with E-state index in [9.17, 15) is 9.18 Å². The summed E-state index contributed by atoms with van der Waals surface area (Å²) in [6.45, 7) is 0. The molecular formula is C13H6BrCl2FO. The van der Waals surface area contributed by atoms with Gasteiger partial charge in [-0.25, -0.2) is 4.39 Å². The molecule has 0 aliphatic heterocycles. The molecule has 1 nitrogen and oxygen atoms in total. The van der Waals surface area contributed by atoms with Gasteiger partial charge in [0.2, 0.25) is 0 Å². The number of carbonyl (C=O) groups is 1. The van der Waals surface area contributed by atoms with E-state index in [0.717, 1.165) is 0 Å². The van der Waals surface area contributed by atoms with E-state index in [-0.39, 0.29) is 10.6 Å². The van der Waals surface area contributed by atoms with Gasteiger partial charge in [-0.15, -0.1) is 0 Å². The largest absolute Gasteiger partial charge is 0.298 e. The molecule has 0 radical (unpaired) electrons. The number of aldehydes is 1. The zero-order valence-corrected chi connectivity index (χ0v) is 12.0. The van der Waals surface area contributed by atoms with Crippen LogP contribution in [-0.2, 0) is 0 Å². The molecule has 0 aliphatic carbocycles. The van der Waals surface area contributed by atoms with E-state index in [1.807, 2.05) is 0 Å². The zero-order valence-electron chi connectivity index (χ0n) is 8.88. The number of benzene rings is 2. The van der Waals surface area contributed by atoms with Crippen LogP contribution in [0.25, 0.3) is 11.1 Å². The molecule has 18 heavy (non-hydrogen) atoms. The van der Waals surface area contributed by atoms with Crippen molar-refractivity contribution in [1.82, 2.24) is 0 Å². The van der Waals surface area contributed by atoms with Crippen molar-refractivity contribution in [3.63, 3.8) is 0 Å². The third-order valence-corrected chi connectivity index (χ3v) is 3.96. The van der Waals surface area contributed by atoms with Crippen molar-refractivity contribution in [3.05, 3.63) is 56.2 Å². The van der Waals surface area contributed by atoms with E-state index in [2.05, 4.69) is 15.9 Å². The standard InChI is InChI=1S/C13H6BrCl2FO/c14-11-4-3-9(13(17)12(11)16)10-5-8(15)2-1-7(10)6-18/h1-6H. The Labute approximate surface area is 122 Å². The molecule has 0 N–H and O–H groups in total. The number of hydrogen-bond donors (Lipinski definition) is 0. The summed E-state index contributed by atoms with van der Waals surface area (Å²) >= 11 is 14.8. The van der Waals surface area contributed by atoms with Crippen molar-refractivity contribution in [1.29, 1.82) is 0 Å². The number of rotatable bonds is 2. The average Bonchev–Trinajstić information content (AvgIpc) is 2.36. The Hall–Kier alpha value is -0.900. The van der Waals surface area contributed by atoms with Gasteiger partial charge in [0.25, 0.3) is 0 Å². The third kappa shape index (κ3) is 2.44. The molecule has 0 fully saturated rings. The maximum Gasteiger partial charge on any atom is 0.150 e. The molecule has 2 rings (SSSR count). The lowest BCUT2D eigenvalue weighted by Gasteiger charge is -2.09. The monoisotopic (exact) mass is 346 g/mol. The number of halogens is 4. The van der Waals surface area contributed by atoms with Gasteiger partial charge in [-0.3, -0.25) is 4.79 Å². The quantitative estimate of drug-likeness (QED) is 0.527. The first-order valence-corrected chi connectivity index (χ1v) is 6.48. The highest BCUT2D eigenvalue weighted by atomic mass is 79.9. The molecule has 0 unspecified atom stereocenters. The summed E-state index contributed by atoms with van der Waals surface area (Å²) in [6.07, 6.45) is 0.654. The second kappa shape index (κ2) is 5.39. The lowest BCUT2D eigenvalue weighted by molar-refractivity contribution is 0.112. The summed E-state index contributed by atoms with van der Waals surface area (Å²) in [5.41, 5.74) is 1.02. The van der Waals surface area contributed by atoms with Crippen LogP contribution in [0, 0.1) is 5.82 Å². The fraction of sp³-hybridized carbons (Fsp3) is 0.